The molecule has 1 unspecified atom stereocenters. The van der Waals surface area contributed by atoms with E-state index in [1.54, 1.807) is 6.07 Å². The van der Waals surface area contributed by atoms with Crippen LogP contribution < -0.4 is 5.32 Å². The van der Waals surface area contributed by atoms with Gasteiger partial charge in [0.15, 0.2) is 0 Å². The van der Waals surface area contributed by atoms with E-state index < -0.39 is 0 Å². The summed E-state index contributed by atoms with van der Waals surface area (Å²) in [7, 11) is 0. The largest absolute Gasteiger partial charge is 0.375 e. The average Bonchev–Trinajstić information content (AvgIpc) is 3.13. The van der Waals surface area contributed by atoms with E-state index in [2.05, 4.69) is 27.8 Å². The fourth-order valence-electron chi connectivity index (χ4n) is 3.94. The van der Waals surface area contributed by atoms with Gasteiger partial charge in [-0.15, -0.1) is 5.10 Å². The van der Waals surface area contributed by atoms with Gasteiger partial charge in [0.1, 0.15) is 6.33 Å². The van der Waals surface area contributed by atoms with Crippen molar-refractivity contribution in [1.29, 1.82) is 0 Å². The molecule has 2 heterocycles. The highest BCUT2D eigenvalue weighted by Gasteiger charge is 2.47. The Labute approximate surface area is 146 Å². The second-order valence-corrected chi connectivity index (χ2v) is 7.61. The molecule has 25 heavy (non-hydrogen) atoms. The number of carbonyl (C=O) groups is 1. The van der Waals surface area contributed by atoms with E-state index in [9.17, 15) is 4.79 Å². The summed E-state index contributed by atoms with van der Waals surface area (Å²) >= 11 is 0. The topological polar surface area (TPSA) is 81.9 Å². The van der Waals surface area contributed by atoms with Crippen LogP contribution >= 0.6 is 0 Å². The number of benzene rings is 1. The molecule has 0 radical (unpaired) electrons. The van der Waals surface area contributed by atoms with E-state index in [1.165, 1.54) is 17.4 Å². The standard InChI is InChI=1S/C18H23N5O2/c1-17(8-9-25-18(11-17)6-3-7-18)12-19-16(24)14-4-2-5-15(10-14)23-13-20-21-22-23/h2,4-5,10,13H,3,6-9,11-12H2,1H3,(H,19,24). The predicted molar refractivity (Wildman–Crippen MR) is 91.4 cm³/mol. The molecule has 7 heteroatoms. The van der Waals surface area contributed by atoms with Crippen molar-refractivity contribution in [2.45, 2.75) is 44.6 Å². The van der Waals surface area contributed by atoms with Gasteiger partial charge in [-0.1, -0.05) is 13.0 Å². The van der Waals surface area contributed by atoms with E-state index in [1.807, 2.05) is 18.2 Å². The summed E-state index contributed by atoms with van der Waals surface area (Å²) in [6, 6.07) is 7.31. The fourth-order valence-corrected chi connectivity index (χ4v) is 3.94. The van der Waals surface area contributed by atoms with Crippen molar-refractivity contribution >= 4 is 5.91 Å². The molecule has 2 fully saturated rings. The smallest absolute Gasteiger partial charge is 0.251 e. The summed E-state index contributed by atoms with van der Waals surface area (Å²) in [4.78, 5) is 12.6. The molecule has 1 aromatic heterocycles. The number of amides is 1. The molecule has 1 aliphatic heterocycles. The Balaban J connectivity index is 1.41. The summed E-state index contributed by atoms with van der Waals surface area (Å²) in [5.74, 6) is -0.0645. The molecular weight excluding hydrogens is 318 g/mol. The second-order valence-electron chi connectivity index (χ2n) is 7.61. The number of nitrogens with one attached hydrogen (secondary N) is 1. The Hall–Kier alpha value is -2.28. The number of hydrogen-bond acceptors (Lipinski definition) is 5. The maximum atomic E-state index is 12.6. The summed E-state index contributed by atoms with van der Waals surface area (Å²) in [5.41, 5.74) is 1.56. The highest BCUT2D eigenvalue weighted by Crippen LogP contribution is 2.48. The Bertz CT molecular complexity index is 757. The molecule has 7 nitrogen and oxygen atoms in total. The minimum Gasteiger partial charge on any atom is -0.375 e. The maximum absolute atomic E-state index is 12.6. The molecule has 1 saturated heterocycles. The van der Waals surface area contributed by atoms with Gasteiger partial charge in [-0.25, -0.2) is 4.68 Å². The number of nitrogens with zero attached hydrogens (tertiary/aromatic N) is 4. The van der Waals surface area contributed by atoms with Gasteiger partial charge in [-0.2, -0.15) is 0 Å². The number of aromatic nitrogens is 4. The number of rotatable bonds is 4. The van der Waals surface area contributed by atoms with E-state index in [4.69, 9.17) is 4.74 Å². The number of carbonyl (C=O) groups excluding carboxylic acids is 1. The van der Waals surface area contributed by atoms with E-state index in [-0.39, 0.29) is 16.9 Å². The van der Waals surface area contributed by atoms with E-state index in [0.29, 0.717) is 12.1 Å². The molecule has 1 saturated carbocycles. The third-order valence-corrected chi connectivity index (χ3v) is 5.53. The highest BCUT2D eigenvalue weighted by atomic mass is 16.5. The summed E-state index contributed by atoms with van der Waals surface area (Å²) in [6.45, 7) is 3.72. The molecular formula is C18H23N5O2. The summed E-state index contributed by atoms with van der Waals surface area (Å²) < 4.78 is 7.55. The minimum absolute atomic E-state index is 0.0645. The molecule has 1 amide bonds. The van der Waals surface area contributed by atoms with Crippen LogP contribution in [0.3, 0.4) is 0 Å². The minimum atomic E-state index is -0.0645. The van der Waals surface area contributed by atoms with Crippen molar-refractivity contribution in [2.24, 2.45) is 5.41 Å². The van der Waals surface area contributed by atoms with Crippen molar-refractivity contribution in [1.82, 2.24) is 25.5 Å². The average molecular weight is 341 g/mol. The van der Waals surface area contributed by atoms with E-state index >= 15 is 0 Å². The van der Waals surface area contributed by atoms with Crippen LogP contribution in [-0.2, 0) is 4.74 Å². The SMILES string of the molecule is CC1(CNC(=O)c2cccc(-n3cnnn3)c2)CCOC2(CCC2)C1. The molecule has 0 bridgehead atoms. The van der Waals surface area contributed by atoms with Crippen molar-refractivity contribution in [3.05, 3.63) is 36.2 Å². The van der Waals surface area contributed by atoms with Crippen LogP contribution in [0.25, 0.3) is 5.69 Å². The molecule has 1 N–H and O–H groups in total. The van der Waals surface area contributed by atoms with Crippen molar-refractivity contribution in [3.63, 3.8) is 0 Å². The zero-order valence-corrected chi connectivity index (χ0v) is 14.4. The van der Waals surface area contributed by atoms with Crippen LogP contribution in [0.4, 0.5) is 0 Å². The molecule has 1 atom stereocenters. The molecule has 1 aliphatic carbocycles. The number of tetrazole rings is 1. The van der Waals surface area contributed by atoms with Gasteiger partial charge < -0.3 is 10.1 Å². The molecule has 132 valence electrons. The lowest BCUT2D eigenvalue weighted by molar-refractivity contribution is -0.162. The Morgan fingerprint density at radius 3 is 2.96 bits per heavy atom. The summed E-state index contributed by atoms with van der Waals surface area (Å²) in [5, 5.41) is 14.2. The van der Waals surface area contributed by atoms with Gasteiger partial charge in [0.2, 0.25) is 0 Å². The zero-order chi connectivity index (χ0) is 17.3. The lowest BCUT2D eigenvalue weighted by Crippen LogP contribution is -2.52. The van der Waals surface area contributed by atoms with Crippen molar-refractivity contribution < 1.29 is 9.53 Å². The molecule has 2 aliphatic rings. The predicted octanol–water partition coefficient (Wildman–Crippen LogP) is 2.13. The van der Waals surface area contributed by atoms with Crippen LogP contribution in [-0.4, -0.2) is 44.9 Å². The van der Waals surface area contributed by atoms with Crippen LogP contribution in [0.5, 0.6) is 0 Å². The van der Waals surface area contributed by atoms with Crippen LogP contribution in [0.15, 0.2) is 30.6 Å². The van der Waals surface area contributed by atoms with Gasteiger partial charge in [0.05, 0.1) is 11.3 Å². The van der Waals surface area contributed by atoms with Crippen LogP contribution in [0.2, 0.25) is 0 Å². The van der Waals surface area contributed by atoms with Gasteiger partial charge in [-0.3, -0.25) is 4.79 Å². The molecule has 4 rings (SSSR count). The Morgan fingerprint density at radius 1 is 1.36 bits per heavy atom. The first-order valence-corrected chi connectivity index (χ1v) is 8.83. The third-order valence-electron chi connectivity index (χ3n) is 5.53. The molecule has 1 aromatic carbocycles. The maximum Gasteiger partial charge on any atom is 0.251 e. The van der Waals surface area contributed by atoms with Crippen molar-refractivity contribution in [3.8, 4) is 5.69 Å². The first-order valence-electron chi connectivity index (χ1n) is 8.83. The zero-order valence-electron chi connectivity index (χ0n) is 14.4. The van der Waals surface area contributed by atoms with Crippen LogP contribution in [0, 0.1) is 5.41 Å². The number of ether oxygens (including phenoxy) is 1. The first kappa shape index (κ1) is 16.2. The van der Waals surface area contributed by atoms with Gasteiger partial charge in [0.25, 0.3) is 5.91 Å². The molecule has 1 spiro atoms. The van der Waals surface area contributed by atoms with Gasteiger partial charge >= 0.3 is 0 Å². The first-order chi connectivity index (χ1) is 12.1. The van der Waals surface area contributed by atoms with Gasteiger partial charge in [-0.05, 0) is 66.1 Å². The fraction of sp³-hybridized carbons (Fsp3) is 0.556. The van der Waals surface area contributed by atoms with Gasteiger partial charge in [0, 0.05) is 18.7 Å². The van der Waals surface area contributed by atoms with Crippen molar-refractivity contribution in [2.75, 3.05) is 13.2 Å². The lowest BCUT2D eigenvalue weighted by atomic mass is 9.66. The second kappa shape index (κ2) is 6.22. The Morgan fingerprint density at radius 2 is 2.24 bits per heavy atom. The Kier molecular flexibility index (Phi) is 4.03. The van der Waals surface area contributed by atoms with Crippen LogP contribution in [0.1, 0.15) is 49.4 Å². The highest BCUT2D eigenvalue weighted by molar-refractivity contribution is 5.94. The quantitative estimate of drug-likeness (QED) is 0.921. The number of hydrogen-bond donors (Lipinski definition) is 1. The summed E-state index contributed by atoms with van der Waals surface area (Å²) in [6.07, 6.45) is 7.10. The normalized spacial score (nSPS) is 24.7. The van der Waals surface area contributed by atoms with E-state index in [0.717, 1.165) is 38.0 Å². The monoisotopic (exact) mass is 341 g/mol. The third kappa shape index (κ3) is 3.28. The lowest BCUT2D eigenvalue weighted by Gasteiger charge is -2.51. The molecule has 2 aromatic rings.